The fourth-order valence-corrected chi connectivity index (χ4v) is 3.09. The molecule has 3 rings (SSSR count). The van der Waals surface area contributed by atoms with Gasteiger partial charge in [-0.2, -0.15) is 0 Å². The van der Waals surface area contributed by atoms with Crippen LogP contribution in [0.25, 0.3) is 0 Å². The highest BCUT2D eigenvalue weighted by molar-refractivity contribution is 5.85. The van der Waals surface area contributed by atoms with Crippen LogP contribution in [0.2, 0.25) is 0 Å². The topological polar surface area (TPSA) is 113 Å². The number of hydrogen-bond donors (Lipinski definition) is 2. The largest absolute Gasteiger partial charge is 0.480 e. The standard InChI is InChI=1S/C14H21NO8/c1-13(2)20-7-8(21-13)10-12(23-14(3,4)22-10)19-9(7)11(18)15-5-6(16)17/h7-10,12H,5H2,1-4H3,(H,15,18)(H,16,17)/t7-,8+,9-,10-,12+/m1/s1. The smallest absolute Gasteiger partial charge is 0.322 e. The second-order valence-electron chi connectivity index (χ2n) is 6.70. The Morgan fingerprint density at radius 1 is 0.957 bits per heavy atom. The monoisotopic (exact) mass is 331 g/mol. The lowest BCUT2D eigenvalue weighted by Gasteiger charge is -2.36. The molecule has 0 bridgehead atoms. The van der Waals surface area contributed by atoms with Crippen molar-refractivity contribution in [1.82, 2.24) is 5.32 Å². The van der Waals surface area contributed by atoms with Gasteiger partial charge in [-0.25, -0.2) is 0 Å². The summed E-state index contributed by atoms with van der Waals surface area (Å²) in [5.41, 5.74) is 0. The van der Waals surface area contributed by atoms with E-state index in [0.717, 1.165) is 0 Å². The lowest BCUT2D eigenvalue weighted by Crippen LogP contribution is -2.59. The van der Waals surface area contributed by atoms with E-state index in [1.807, 2.05) is 0 Å². The summed E-state index contributed by atoms with van der Waals surface area (Å²) in [6, 6.07) is 0. The van der Waals surface area contributed by atoms with Crippen LogP contribution in [0.3, 0.4) is 0 Å². The lowest BCUT2D eigenvalue weighted by atomic mass is 9.98. The summed E-state index contributed by atoms with van der Waals surface area (Å²) < 4.78 is 28.8. The van der Waals surface area contributed by atoms with Crippen LogP contribution >= 0.6 is 0 Å². The molecule has 130 valence electrons. The highest BCUT2D eigenvalue weighted by atomic mass is 16.9. The first-order valence-electron chi connectivity index (χ1n) is 7.44. The van der Waals surface area contributed by atoms with Gasteiger partial charge in [-0.05, 0) is 27.7 Å². The van der Waals surface area contributed by atoms with Crippen LogP contribution in [0, 0.1) is 0 Å². The van der Waals surface area contributed by atoms with Crippen LogP contribution in [0.4, 0.5) is 0 Å². The molecule has 0 unspecified atom stereocenters. The van der Waals surface area contributed by atoms with Gasteiger partial charge < -0.3 is 34.1 Å². The maximum Gasteiger partial charge on any atom is 0.322 e. The van der Waals surface area contributed by atoms with Crippen molar-refractivity contribution in [3.8, 4) is 0 Å². The third-order valence-electron chi connectivity index (χ3n) is 3.83. The summed E-state index contributed by atoms with van der Waals surface area (Å²) in [6.07, 6.45) is -3.62. The van der Waals surface area contributed by atoms with E-state index in [4.69, 9.17) is 28.8 Å². The van der Waals surface area contributed by atoms with Gasteiger partial charge in [0, 0.05) is 0 Å². The second kappa shape index (κ2) is 5.38. The van der Waals surface area contributed by atoms with Crippen molar-refractivity contribution in [2.24, 2.45) is 0 Å². The van der Waals surface area contributed by atoms with Gasteiger partial charge in [0.05, 0.1) is 0 Å². The average Bonchev–Trinajstić information content (AvgIpc) is 2.89. The first kappa shape index (κ1) is 16.6. The van der Waals surface area contributed by atoms with Crippen molar-refractivity contribution in [2.75, 3.05) is 6.54 Å². The number of rotatable bonds is 3. The van der Waals surface area contributed by atoms with Crippen LogP contribution in [-0.4, -0.2) is 65.8 Å². The molecule has 23 heavy (non-hydrogen) atoms. The minimum Gasteiger partial charge on any atom is -0.480 e. The van der Waals surface area contributed by atoms with Crippen molar-refractivity contribution < 1.29 is 38.4 Å². The van der Waals surface area contributed by atoms with Gasteiger partial charge in [-0.3, -0.25) is 9.59 Å². The van der Waals surface area contributed by atoms with Crippen LogP contribution in [-0.2, 0) is 33.3 Å². The Morgan fingerprint density at radius 3 is 2.17 bits per heavy atom. The fourth-order valence-electron chi connectivity index (χ4n) is 3.09. The third kappa shape index (κ3) is 3.20. The zero-order valence-electron chi connectivity index (χ0n) is 13.4. The number of fused-ring (bicyclic) bond motifs is 3. The molecule has 3 saturated heterocycles. The molecular weight excluding hydrogens is 310 g/mol. The van der Waals surface area contributed by atoms with E-state index in [1.165, 1.54) is 0 Å². The molecule has 5 atom stereocenters. The van der Waals surface area contributed by atoms with Gasteiger partial charge in [0.2, 0.25) is 0 Å². The van der Waals surface area contributed by atoms with E-state index in [0.29, 0.717) is 0 Å². The Morgan fingerprint density at radius 2 is 1.52 bits per heavy atom. The number of hydrogen-bond acceptors (Lipinski definition) is 7. The Kier molecular flexibility index (Phi) is 3.88. The number of aliphatic carboxylic acids is 1. The minimum absolute atomic E-state index is 0.503. The van der Waals surface area contributed by atoms with Gasteiger partial charge in [0.1, 0.15) is 24.9 Å². The van der Waals surface area contributed by atoms with Crippen LogP contribution in [0.15, 0.2) is 0 Å². The minimum atomic E-state index is -1.14. The van der Waals surface area contributed by atoms with Crippen LogP contribution < -0.4 is 5.32 Å². The number of nitrogens with one attached hydrogen (secondary N) is 1. The van der Waals surface area contributed by atoms with E-state index in [2.05, 4.69) is 5.32 Å². The van der Waals surface area contributed by atoms with Crippen molar-refractivity contribution in [3.63, 3.8) is 0 Å². The Balaban J connectivity index is 1.81. The van der Waals surface area contributed by atoms with E-state index in [-0.39, 0.29) is 0 Å². The van der Waals surface area contributed by atoms with E-state index >= 15 is 0 Å². The normalized spacial score (nSPS) is 40.3. The molecule has 0 saturated carbocycles. The molecule has 3 aliphatic heterocycles. The maximum atomic E-state index is 12.3. The number of ether oxygens (including phenoxy) is 5. The molecule has 2 N–H and O–H groups in total. The molecule has 9 heteroatoms. The molecule has 9 nitrogen and oxygen atoms in total. The summed E-state index contributed by atoms with van der Waals surface area (Å²) in [6.45, 7) is 6.44. The van der Waals surface area contributed by atoms with Gasteiger partial charge in [-0.1, -0.05) is 0 Å². The van der Waals surface area contributed by atoms with Crippen LogP contribution in [0.5, 0.6) is 0 Å². The predicted octanol–water partition coefficient (Wildman–Crippen LogP) is -0.416. The SMILES string of the molecule is CC1(C)O[C@H]2[C@@H](O1)[C@H](C(=O)NCC(=O)O)O[C@H]1OC(C)(C)O[C@@H]12. The number of carbonyl (C=O) groups excluding carboxylic acids is 1. The summed E-state index contributed by atoms with van der Waals surface area (Å²) in [5, 5.41) is 11.0. The zero-order chi connectivity index (χ0) is 17.0. The molecule has 0 aromatic heterocycles. The second-order valence-corrected chi connectivity index (χ2v) is 6.70. The van der Waals surface area contributed by atoms with Crippen molar-refractivity contribution in [2.45, 2.75) is 70.0 Å². The van der Waals surface area contributed by atoms with Crippen molar-refractivity contribution >= 4 is 11.9 Å². The molecular formula is C14H21NO8. The van der Waals surface area contributed by atoms with Gasteiger partial charge in [0.25, 0.3) is 5.91 Å². The number of carboxylic acids is 1. The lowest BCUT2D eigenvalue weighted by molar-refractivity contribution is -0.231. The van der Waals surface area contributed by atoms with Crippen molar-refractivity contribution in [3.05, 3.63) is 0 Å². The first-order chi connectivity index (χ1) is 10.6. The molecule has 0 aromatic carbocycles. The molecule has 1 amide bonds. The van der Waals surface area contributed by atoms with Gasteiger partial charge >= 0.3 is 5.97 Å². The van der Waals surface area contributed by atoms with Gasteiger partial charge in [-0.15, -0.1) is 0 Å². The zero-order valence-corrected chi connectivity index (χ0v) is 13.4. The molecule has 0 aromatic rings. The Hall–Kier alpha value is -1.26. The molecule has 3 aliphatic rings. The molecule has 3 fully saturated rings. The summed E-state index contributed by atoms with van der Waals surface area (Å²) in [4.78, 5) is 22.9. The Bertz CT molecular complexity index is 519. The van der Waals surface area contributed by atoms with E-state index < -0.39 is 60.7 Å². The number of amides is 1. The maximum absolute atomic E-state index is 12.3. The number of carbonyl (C=O) groups is 2. The predicted molar refractivity (Wildman–Crippen MR) is 73.2 cm³/mol. The quantitative estimate of drug-likeness (QED) is 0.717. The molecule has 3 heterocycles. The first-order valence-corrected chi connectivity index (χ1v) is 7.44. The van der Waals surface area contributed by atoms with Crippen LogP contribution in [0.1, 0.15) is 27.7 Å². The van der Waals surface area contributed by atoms with E-state index in [1.54, 1.807) is 27.7 Å². The highest BCUT2D eigenvalue weighted by Crippen LogP contribution is 2.44. The Labute approximate surface area is 133 Å². The molecule has 0 spiro atoms. The fraction of sp³-hybridized carbons (Fsp3) is 0.857. The highest BCUT2D eigenvalue weighted by Gasteiger charge is 2.62. The molecule has 0 aliphatic carbocycles. The van der Waals surface area contributed by atoms with Gasteiger partial charge in [0.15, 0.2) is 24.0 Å². The molecule has 0 radical (unpaired) electrons. The average molecular weight is 331 g/mol. The van der Waals surface area contributed by atoms with E-state index in [9.17, 15) is 9.59 Å². The summed E-state index contributed by atoms with van der Waals surface area (Å²) in [7, 11) is 0. The summed E-state index contributed by atoms with van der Waals surface area (Å²) in [5.74, 6) is -3.51. The third-order valence-corrected chi connectivity index (χ3v) is 3.83. The number of carboxylic acid groups (broad SMARTS) is 1. The summed E-state index contributed by atoms with van der Waals surface area (Å²) >= 11 is 0. The van der Waals surface area contributed by atoms with Crippen molar-refractivity contribution in [1.29, 1.82) is 0 Å².